The highest BCUT2D eigenvalue weighted by Gasteiger charge is 2.24. The van der Waals surface area contributed by atoms with E-state index in [1.165, 1.54) is 0 Å². The molecule has 18 heavy (non-hydrogen) atoms. The van der Waals surface area contributed by atoms with Crippen molar-refractivity contribution in [3.63, 3.8) is 0 Å². The predicted molar refractivity (Wildman–Crippen MR) is 68.4 cm³/mol. The predicted octanol–water partition coefficient (Wildman–Crippen LogP) is 1.83. The SMILES string of the molecule is COc1ccccc1CC(=O)N1CCCOC1C. The van der Waals surface area contributed by atoms with Gasteiger partial charge in [-0.15, -0.1) is 0 Å². The number of carbonyl (C=O) groups is 1. The average Bonchev–Trinajstić information content (AvgIpc) is 2.39. The quantitative estimate of drug-likeness (QED) is 0.820. The number of benzene rings is 1. The van der Waals surface area contributed by atoms with Gasteiger partial charge in [0.05, 0.1) is 20.1 Å². The molecule has 0 spiro atoms. The smallest absolute Gasteiger partial charge is 0.229 e. The molecule has 1 aromatic carbocycles. The summed E-state index contributed by atoms with van der Waals surface area (Å²) < 4.78 is 10.7. The third-order valence-corrected chi connectivity index (χ3v) is 3.20. The van der Waals surface area contributed by atoms with Gasteiger partial charge in [0.25, 0.3) is 0 Å². The summed E-state index contributed by atoms with van der Waals surface area (Å²) >= 11 is 0. The van der Waals surface area contributed by atoms with Crippen LogP contribution in [-0.2, 0) is 16.0 Å². The molecule has 1 heterocycles. The third kappa shape index (κ3) is 2.82. The maximum Gasteiger partial charge on any atom is 0.229 e. The highest BCUT2D eigenvalue weighted by Crippen LogP contribution is 2.20. The molecule has 0 saturated carbocycles. The lowest BCUT2D eigenvalue weighted by atomic mass is 10.1. The van der Waals surface area contributed by atoms with Gasteiger partial charge in [0.2, 0.25) is 5.91 Å². The van der Waals surface area contributed by atoms with Gasteiger partial charge in [-0.25, -0.2) is 0 Å². The fourth-order valence-corrected chi connectivity index (χ4v) is 2.20. The minimum Gasteiger partial charge on any atom is -0.496 e. The number of carbonyl (C=O) groups excluding carboxylic acids is 1. The van der Waals surface area contributed by atoms with Gasteiger partial charge in [0, 0.05) is 12.1 Å². The maximum atomic E-state index is 12.2. The topological polar surface area (TPSA) is 38.8 Å². The average molecular weight is 249 g/mol. The van der Waals surface area contributed by atoms with E-state index in [4.69, 9.17) is 9.47 Å². The van der Waals surface area contributed by atoms with Crippen LogP contribution in [0.15, 0.2) is 24.3 Å². The highest BCUT2D eigenvalue weighted by molar-refractivity contribution is 5.79. The van der Waals surface area contributed by atoms with E-state index in [0.717, 1.165) is 30.9 Å². The van der Waals surface area contributed by atoms with Crippen LogP contribution in [0.3, 0.4) is 0 Å². The first kappa shape index (κ1) is 12.9. The molecule has 0 radical (unpaired) electrons. The summed E-state index contributed by atoms with van der Waals surface area (Å²) in [4.78, 5) is 14.0. The molecule has 1 saturated heterocycles. The number of hydrogen-bond donors (Lipinski definition) is 0. The molecular weight excluding hydrogens is 230 g/mol. The van der Waals surface area contributed by atoms with Gasteiger partial charge in [-0.2, -0.15) is 0 Å². The van der Waals surface area contributed by atoms with Crippen molar-refractivity contribution in [1.29, 1.82) is 0 Å². The fourth-order valence-electron chi connectivity index (χ4n) is 2.20. The van der Waals surface area contributed by atoms with Crippen molar-refractivity contribution in [2.75, 3.05) is 20.3 Å². The van der Waals surface area contributed by atoms with Crippen molar-refractivity contribution in [3.05, 3.63) is 29.8 Å². The van der Waals surface area contributed by atoms with Gasteiger partial charge >= 0.3 is 0 Å². The lowest BCUT2D eigenvalue weighted by molar-refractivity contribution is -0.151. The van der Waals surface area contributed by atoms with Crippen molar-refractivity contribution in [3.8, 4) is 5.75 Å². The zero-order valence-electron chi connectivity index (χ0n) is 10.9. The molecule has 0 bridgehead atoms. The van der Waals surface area contributed by atoms with Crippen LogP contribution in [0, 0.1) is 0 Å². The van der Waals surface area contributed by atoms with Crippen LogP contribution in [0.4, 0.5) is 0 Å². The number of rotatable bonds is 3. The molecular formula is C14H19NO3. The Kier molecular flexibility index (Phi) is 4.20. The maximum absolute atomic E-state index is 12.2. The summed E-state index contributed by atoms with van der Waals surface area (Å²) in [5.41, 5.74) is 0.919. The Morgan fingerprint density at radius 3 is 3.00 bits per heavy atom. The first-order valence-corrected chi connectivity index (χ1v) is 6.25. The molecule has 2 rings (SSSR count). The fraction of sp³-hybridized carbons (Fsp3) is 0.500. The van der Waals surface area contributed by atoms with E-state index in [9.17, 15) is 4.79 Å². The normalized spacial score (nSPS) is 19.7. The Morgan fingerprint density at radius 2 is 2.28 bits per heavy atom. The Balaban J connectivity index is 2.06. The van der Waals surface area contributed by atoms with Crippen molar-refractivity contribution >= 4 is 5.91 Å². The van der Waals surface area contributed by atoms with Crippen molar-refractivity contribution < 1.29 is 14.3 Å². The van der Waals surface area contributed by atoms with Crippen molar-refractivity contribution in [2.45, 2.75) is 26.0 Å². The zero-order chi connectivity index (χ0) is 13.0. The number of ether oxygens (including phenoxy) is 2. The van der Waals surface area contributed by atoms with Gasteiger partial charge < -0.3 is 14.4 Å². The third-order valence-electron chi connectivity index (χ3n) is 3.20. The van der Waals surface area contributed by atoms with Gasteiger partial charge in [0.15, 0.2) is 0 Å². The minimum atomic E-state index is -0.124. The zero-order valence-corrected chi connectivity index (χ0v) is 10.9. The largest absolute Gasteiger partial charge is 0.496 e. The van der Waals surface area contributed by atoms with Crippen LogP contribution >= 0.6 is 0 Å². The molecule has 1 aromatic rings. The molecule has 4 nitrogen and oxygen atoms in total. The van der Waals surface area contributed by atoms with Crippen LogP contribution in [0.2, 0.25) is 0 Å². The number of methoxy groups -OCH3 is 1. The van der Waals surface area contributed by atoms with E-state index in [-0.39, 0.29) is 12.1 Å². The number of nitrogens with zero attached hydrogens (tertiary/aromatic N) is 1. The molecule has 1 unspecified atom stereocenters. The van der Waals surface area contributed by atoms with Gasteiger partial charge in [-0.1, -0.05) is 18.2 Å². The molecule has 1 aliphatic rings. The second-order valence-corrected chi connectivity index (χ2v) is 4.40. The summed E-state index contributed by atoms with van der Waals surface area (Å²) in [7, 11) is 1.62. The number of para-hydroxylation sites is 1. The lowest BCUT2D eigenvalue weighted by Gasteiger charge is -2.33. The monoisotopic (exact) mass is 249 g/mol. The van der Waals surface area contributed by atoms with Gasteiger partial charge in [0.1, 0.15) is 12.0 Å². The molecule has 0 aliphatic carbocycles. The van der Waals surface area contributed by atoms with Crippen LogP contribution < -0.4 is 4.74 Å². The second-order valence-electron chi connectivity index (χ2n) is 4.40. The summed E-state index contributed by atoms with van der Waals surface area (Å²) in [5.74, 6) is 0.850. The van der Waals surface area contributed by atoms with E-state index in [2.05, 4.69) is 0 Å². The summed E-state index contributed by atoms with van der Waals surface area (Å²) in [6, 6.07) is 7.62. The molecule has 1 amide bonds. The van der Waals surface area contributed by atoms with Gasteiger partial charge in [-0.05, 0) is 19.4 Å². The summed E-state index contributed by atoms with van der Waals surface area (Å²) in [6.07, 6.45) is 1.14. The van der Waals surface area contributed by atoms with Crippen molar-refractivity contribution in [1.82, 2.24) is 4.90 Å². The molecule has 4 heteroatoms. The highest BCUT2D eigenvalue weighted by atomic mass is 16.5. The van der Waals surface area contributed by atoms with Gasteiger partial charge in [-0.3, -0.25) is 4.79 Å². The Labute approximate surface area is 107 Å². The van der Waals surface area contributed by atoms with Crippen molar-refractivity contribution in [2.24, 2.45) is 0 Å². The molecule has 98 valence electrons. The van der Waals surface area contributed by atoms with Crippen LogP contribution in [0.25, 0.3) is 0 Å². The summed E-state index contributed by atoms with van der Waals surface area (Å²) in [5, 5.41) is 0. The Morgan fingerprint density at radius 1 is 1.50 bits per heavy atom. The molecule has 1 aliphatic heterocycles. The molecule has 1 atom stereocenters. The second kappa shape index (κ2) is 5.87. The van der Waals surface area contributed by atoms with E-state index in [0.29, 0.717) is 6.42 Å². The Bertz CT molecular complexity index is 419. The van der Waals surface area contributed by atoms with E-state index >= 15 is 0 Å². The molecule has 0 aromatic heterocycles. The van der Waals surface area contributed by atoms with Crippen LogP contribution in [0.5, 0.6) is 5.75 Å². The standard InChI is InChI=1S/C14H19NO3/c1-11-15(8-5-9-18-11)14(16)10-12-6-3-4-7-13(12)17-2/h3-4,6-7,11H,5,8-10H2,1-2H3. The number of hydrogen-bond acceptors (Lipinski definition) is 3. The minimum absolute atomic E-state index is 0.0895. The molecule has 1 fully saturated rings. The first-order chi connectivity index (χ1) is 8.72. The van der Waals surface area contributed by atoms with E-state index < -0.39 is 0 Å². The van der Waals surface area contributed by atoms with E-state index in [1.807, 2.05) is 31.2 Å². The first-order valence-electron chi connectivity index (χ1n) is 6.25. The van der Waals surface area contributed by atoms with E-state index in [1.54, 1.807) is 12.0 Å². The van der Waals surface area contributed by atoms with Crippen LogP contribution in [-0.4, -0.2) is 37.3 Å². The van der Waals surface area contributed by atoms with Crippen LogP contribution in [0.1, 0.15) is 18.9 Å². The lowest BCUT2D eigenvalue weighted by Crippen LogP contribution is -2.45. The summed E-state index contributed by atoms with van der Waals surface area (Å²) in [6.45, 7) is 3.42. The molecule has 0 N–H and O–H groups in total. The Hall–Kier alpha value is -1.55. The number of amides is 1.